The van der Waals surface area contributed by atoms with Crippen LogP contribution in [0, 0.1) is 11.3 Å². The Labute approximate surface area is 182 Å². The molecule has 30 heavy (non-hydrogen) atoms. The Hall–Kier alpha value is -2.61. The average molecular weight is 435 g/mol. The van der Waals surface area contributed by atoms with Gasteiger partial charge in [0.2, 0.25) is 5.91 Å². The standard InChI is InChI=1S/C22H30N2O5S/c1-14(2)11-17(25)23-19(22(3,4)5)20(27)24(18(26)13-30)16(21(28)29)12-15-9-7-6-8-10-15/h6-10,13-14,16,19H,11-12H2,1-5H3,(H,23,25)(H,28,29)/t16-,19+/m0/s1. The molecular formula is C22H30N2O5S. The van der Waals surface area contributed by atoms with Crippen molar-refractivity contribution in [1.29, 1.82) is 0 Å². The van der Waals surface area contributed by atoms with E-state index in [2.05, 4.69) is 5.32 Å². The van der Waals surface area contributed by atoms with Crippen LogP contribution in [0.15, 0.2) is 30.3 Å². The molecule has 0 saturated heterocycles. The van der Waals surface area contributed by atoms with E-state index < -0.39 is 35.3 Å². The molecule has 0 aliphatic carbocycles. The second kappa shape index (κ2) is 11.0. The summed E-state index contributed by atoms with van der Waals surface area (Å²) in [5.41, 5.74) is -0.115. The van der Waals surface area contributed by atoms with Gasteiger partial charge < -0.3 is 10.4 Å². The lowest BCUT2D eigenvalue weighted by molar-refractivity contribution is -0.158. The van der Waals surface area contributed by atoms with E-state index >= 15 is 0 Å². The summed E-state index contributed by atoms with van der Waals surface area (Å²) in [6.07, 6.45) is 0.126. The van der Waals surface area contributed by atoms with E-state index in [9.17, 15) is 24.3 Å². The largest absolute Gasteiger partial charge is 0.480 e. The van der Waals surface area contributed by atoms with Gasteiger partial charge >= 0.3 is 5.97 Å². The quantitative estimate of drug-likeness (QED) is 0.579. The van der Waals surface area contributed by atoms with Crippen LogP contribution >= 0.6 is 12.2 Å². The van der Waals surface area contributed by atoms with Gasteiger partial charge in [-0.2, -0.15) is 0 Å². The highest BCUT2D eigenvalue weighted by atomic mass is 32.1. The van der Waals surface area contributed by atoms with Gasteiger partial charge in [-0.1, -0.05) is 77.2 Å². The van der Waals surface area contributed by atoms with E-state index in [4.69, 9.17) is 12.2 Å². The summed E-state index contributed by atoms with van der Waals surface area (Å²) in [4.78, 5) is 51.0. The lowest BCUT2D eigenvalue weighted by atomic mass is 9.85. The first-order valence-corrected chi connectivity index (χ1v) is 10.2. The highest BCUT2D eigenvalue weighted by Gasteiger charge is 2.42. The molecule has 0 aromatic heterocycles. The van der Waals surface area contributed by atoms with E-state index in [1.807, 2.05) is 13.8 Å². The highest BCUT2D eigenvalue weighted by molar-refractivity contribution is 7.80. The lowest BCUT2D eigenvalue weighted by Crippen LogP contribution is -2.60. The Morgan fingerprint density at radius 3 is 2.13 bits per heavy atom. The summed E-state index contributed by atoms with van der Waals surface area (Å²) < 4.78 is 0. The fourth-order valence-electron chi connectivity index (χ4n) is 2.98. The molecule has 0 unspecified atom stereocenters. The van der Waals surface area contributed by atoms with Crippen LogP contribution in [0.2, 0.25) is 0 Å². The maximum Gasteiger partial charge on any atom is 0.327 e. The molecule has 0 heterocycles. The topological polar surface area (TPSA) is 104 Å². The number of nitrogens with zero attached hydrogens (tertiary/aromatic N) is 1. The van der Waals surface area contributed by atoms with Crippen molar-refractivity contribution in [2.24, 2.45) is 11.3 Å². The molecule has 2 atom stereocenters. The highest BCUT2D eigenvalue weighted by Crippen LogP contribution is 2.23. The normalized spacial score (nSPS) is 13.3. The van der Waals surface area contributed by atoms with Gasteiger partial charge in [-0.05, 0) is 16.9 Å². The molecule has 3 amide bonds. The van der Waals surface area contributed by atoms with Crippen LogP contribution in [0.4, 0.5) is 0 Å². The molecule has 0 aliphatic heterocycles. The van der Waals surface area contributed by atoms with E-state index in [0.717, 1.165) is 5.37 Å². The molecule has 0 aliphatic rings. The number of thiocarbonyl (C=S) groups is 1. The Kier molecular flexibility index (Phi) is 9.29. The van der Waals surface area contributed by atoms with Gasteiger partial charge in [0.25, 0.3) is 11.8 Å². The molecular weight excluding hydrogens is 404 g/mol. The van der Waals surface area contributed by atoms with Gasteiger partial charge in [-0.25, -0.2) is 4.79 Å². The maximum absolute atomic E-state index is 13.4. The fraction of sp³-hybridized carbons (Fsp3) is 0.500. The number of hydrogen-bond donors (Lipinski definition) is 2. The van der Waals surface area contributed by atoms with E-state index in [1.54, 1.807) is 51.1 Å². The molecule has 0 radical (unpaired) electrons. The number of carbonyl (C=O) groups is 4. The minimum atomic E-state index is -1.46. The molecule has 0 fully saturated rings. The monoisotopic (exact) mass is 434 g/mol. The number of imide groups is 1. The van der Waals surface area contributed by atoms with Gasteiger partial charge in [0.05, 0.1) is 5.37 Å². The molecule has 164 valence electrons. The first kappa shape index (κ1) is 25.4. The fourth-order valence-corrected chi connectivity index (χ4v) is 3.09. The first-order chi connectivity index (χ1) is 13.9. The zero-order chi connectivity index (χ0) is 23.1. The molecule has 1 rings (SSSR count). The number of hydrogen-bond acceptors (Lipinski definition) is 5. The van der Waals surface area contributed by atoms with Crippen molar-refractivity contribution in [2.75, 3.05) is 0 Å². The molecule has 7 nitrogen and oxygen atoms in total. The van der Waals surface area contributed by atoms with E-state index in [-0.39, 0.29) is 24.7 Å². The first-order valence-electron chi connectivity index (χ1n) is 9.76. The van der Waals surface area contributed by atoms with E-state index in [1.165, 1.54) is 0 Å². The minimum Gasteiger partial charge on any atom is -0.480 e. The number of nitrogens with one attached hydrogen (secondary N) is 1. The molecule has 8 heteroatoms. The van der Waals surface area contributed by atoms with Gasteiger partial charge in [-0.15, -0.1) is 0 Å². The van der Waals surface area contributed by atoms with Gasteiger partial charge in [-0.3, -0.25) is 19.3 Å². The number of carboxylic acids is 1. The summed E-state index contributed by atoms with van der Waals surface area (Å²) in [6, 6.07) is 6.14. The van der Waals surface area contributed by atoms with Gasteiger partial charge in [0.1, 0.15) is 12.1 Å². The third-order valence-corrected chi connectivity index (χ3v) is 4.66. The number of benzene rings is 1. The van der Waals surface area contributed by atoms with Crippen molar-refractivity contribution in [1.82, 2.24) is 10.2 Å². The van der Waals surface area contributed by atoms with Crippen LogP contribution in [-0.2, 0) is 25.6 Å². The van der Waals surface area contributed by atoms with Crippen LogP contribution < -0.4 is 5.32 Å². The summed E-state index contributed by atoms with van der Waals surface area (Å²) in [7, 11) is 0. The van der Waals surface area contributed by atoms with Crippen molar-refractivity contribution in [3.63, 3.8) is 0 Å². The predicted octanol–water partition coefficient (Wildman–Crippen LogP) is 2.61. The zero-order valence-corrected chi connectivity index (χ0v) is 18.9. The molecule has 1 aromatic carbocycles. The molecule has 0 saturated carbocycles. The van der Waals surface area contributed by atoms with Crippen LogP contribution in [0.3, 0.4) is 0 Å². The summed E-state index contributed by atoms with van der Waals surface area (Å²) >= 11 is 4.72. The number of rotatable bonds is 9. The third-order valence-electron chi connectivity index (χ3n) is 4.46. The zero-order valence-electron chi connectivity index (χ0n) is 18.0. The predicted molar refractivity (Wildman–Crippen MR) is 118 cm³/mol. The van der Waals surface area contributed by atoms with E-state index in [0.29, 0.717) is 10.5 Å². The molecule has 2 N–H and O–H groups in total. The molecule has 1 aromatic rings. The maximum atomic E-state index is 13.4. The molecule has 0 bridgehead atoms. The van der Waals surface area contributed by atoms with Gasteiger partial charge in [0.15, 0.2) is 0 Å². The third kappa shape index (κ3) is 7.33. The van der Waals surface area contributed by atoms with Crippen LogP contribution in [0.5, 0.6) is 0 Å². The number of carboxylic acid groups (broad SMARTS) is 1. The smallest absolute Gasteiger partial charge is 0.327 e. The van der Waals surface area contributed by atoms with Crippen molar-refractivity contribution in [2.45, 2.75) is 59.5 Å². The Morgan fingerprint density at radius 1 is 1.13 bits per heavy atom. The number of aliphatic carboxylic acids is 1. The van der Waals surface area contributed by atoms with Crippen LogP contribution in [0.1, 0.15) is 46.6 Å². The summed E-state index contributed by atoms with van der Waals surface area (Å²) in [5, 5.41) is 13.2. The van der Waals surface area contributed by atoms with Crippen molar-refractivity contribution >= 4 is 41.3 Å². The van der Waals surface area contributed by atoms with Crippen molar-refractivity contribution < 1.29 is 24.3 Å². The number of amides is 3. The average Bonchev–Trinajstić information content (AvgIpc) is 2.64. The number of carbonyl (C=O) groups excluding carboxylic acids is 3. The molecule has 0 spiro atoms. The van der Waals surface area contributed by atoms with Gasteiger partial charge in [0, 0.05) is 12.8 Å². The second-order valence-corrected chi connectivity index (χ2v) is 8.91. The summed E-state index contributed by atoms with van der Waals surface area (Å²) in [5.74, 6) is -3.30. The Bertz CT molecular complexity index is 786. The van der Waals surface area contributed by atoms with Crippen molar-refractivity contribution in [3.05, 3.63) is 35.9 Å². The lowest BCUT2D eigenvalue weighted by Gasteiger charge is -2.36. The Morgan fingerprint density at radius 2 is 1.70 bits per heavy atom. The summed E-state index contributed by atoms with van der Waals surface area (Å²) in [6.45, 7) is 8.94. The Balaban J connectivity index is 3.34. The van der Waals surface area contributed by atoms with Crippen molar-refractivity contribution in [3.8, 4) is 0 Å². The minimum absolute atomic E-state index is 0.0734. The second-order valence-electron chi connectivity index (χ2n) is 8.67. The van der Waals surface area contributed by atoms with Crippen LogP contribution in [0.25, 0.3) is 0 Å². The van der Waals surface area contributed by atoms with Crippen LogP contribution in [-0.4, -0.2) is 51.1 Å². The SMILES string of the molecule is CC(C)CC(=O)N[C@H](C(=O)N(C(=O)C=S)[C@@H](Cc1ccccc1)C(=O)O)C(C)(C)C.